The van der Waals surface area contributed by atoms with Crippen molar-refractivity contribution in [3.63, 3.8) is 0 Å². The molecule has 0 spiro atoms. The van der Waals surface area contributed by atoms with Gasteiger partial charge in [0.1, 0.15) is 16.6 Å². The summed E-state index contributed by atoms with van der Waals surface area (Å²) in [6, 6.07) is 23.7. The van der Waals surface area contributed by atoms with Crippen molar-refractivity contribution in [2.75, 3.05) is 5.32 Å². The van der Waals surface area contributed by atoms with Crippen LogP contribution in [0.5, 0.6) is 0 Å². The largest absolute Gasteiger partial charge is 0.325 e. The molecule has 1 amide bonds. The number of para-hydroxylation sites is 1. The lowest BCUT2D eigenvalue weighted by Gasteiger charge is -2.18. The van der Waals surface area contributed by atoms with E-state index in [1.54, 1.807) is 6.33 Å². The van der Waals surface area contributed by atoms with Crippen molar-refractivity contribution in [2.24, 2.45) is 0 Å². The molecule has 1 N–H and O–H groups in total. The number of nitrogens with zero attached hydrogens (tertiary/aromatic N) is 2. The molecule has 29 heavy (non-hydrogen) atoms. The van der Waals surface area contributed by atoms with Crippen molar-refractivity contribution in [1.82, 2.24) is 9.97 Å². The quantitative estimate of drug-likeness (QED) is 0.344. The van der Waals surface area contributed by atoms with Gasteiger partial charge in [-0.05, 0) is 42.7 Å². The molecule has 4 nitrogen and oxygen atoms in total. The van der Waals surface area contributed by atoms with E-state index in [2.05, 4.69) is 15.3 Å². The molecule has 5 heteroatoms. The summed E-state index contributed by atoms with van der Waals surface area (Å²) in [5, 5.41) is 4.42. The number of aromatic nitrogens is 2. The molecule has 1 atom stereocenters. The summed E-state index contributed by atoms with van der Waals surface area (Å²) in [4.78, 5) is 22.1. The molecular formula is C24H21N3OS. The summed E-state index contributed by atoms with van der Waals surface area (Å²) in [7, 11) is 0. The van der Waals surface area contributed by atoms with Crippen molar-refractivity contribution in [3.05, 3.63) is 95.8 Å². The van der Waals surface area contributed by atoms with E-state index in [1.165, 1.54) is 11.8 Å². The molecule has 0 aliphatic carbocycles. The van der Waals surface area contributed by atoms with Gasteiger partial charge in [0, 0.05) is 11.1 Å². The molecule has 144 valence electrons. The SMILES string of the molecule is Cc1ccc(C)c(NC(=O)C(Sc2ncnc3ccccc23)c2ccccc2)c1. The zero-order valence-electron chi connectivity index (χ0n) is 16.3. The number of rotatable bonds is 5. The first-order chi connectivity index (χ1) is 14.1. The van der Waals surface area contributed by atoms with Crippen LogP contribution in [0.15, 0.2) is 84.1 Å². The third-order valence-corrected chi connectivity index (χ3v) is 6.00. The minimum absolute atomic E-state index is 0.0717. The number of aryl methyl sites for hydroxylation is 2. The Morgan fingerprint density at radius 1 is 0.931 bits per heavy atom. The van der Waals surface area contributed by atoms with Gasteiger partial charge >= 0.3 is 0 Å². The number of hydrogen-bond donors (Lipinski definition) is 1. The number of thioether (sulfide) groups is 1. The molecule has 0 radical (unpaired) electrons. The normalized spacial score (nSPS) is 11.9. The summed E-state index contributed by atoms with van der Waals surface area (Å²) in [5.74, 6) is -0.0717. The number of carbonyl (C=O) groups excluding carboxylic acids is 1. The highest BCUT2D eigenvalue weighted by Crippen LogP contribution is 2.38. The molecule has 4 rings (SSSR count). The molecule has 0 fully saturated rings. The number of benzene rings is 3. The number of nitrogens with one attached hydrogen (secondary N) is 1. The topological polar surface area (TPSA) is 54.9 Å². The Morgan fingerprint density at radius 3 is 2.52 bits per heavy atom. The van der Waals surface area contributed by atoms with Crippen LogP contribution in [0.1, 0.15) is 21.9 Å². The van der Waals surface area contributed by atoms with Crippen molar-refractivity contribution in [1.29, 1.82) is 0 Å². The number of hydrogen-bond acceptors (Lipinski definition) is 4. The molecule has 0 bridgehead atoms. The Balaban J connectivity index is 1.70. The van der Waals surface area contributed by atoms with Gasteiger partial charge in [-0.3, -0.25) is 4.79 Å². The minimum Gasteiger partial charge on any atom is -0.325 e. The Hall–Kier alpha value is -3.18. The number of anilines is 1. The van der Waals surface area contributed by atoms with E-state index in [-0.39, 0.29) is 5.91 Å². The smallest absolute Gasteiger partial charge is 0.242 e. The molecule has 1 aromatic heterocycles. The van der Waals surface area contributed by atoms with Gasteiger partial charge in [-0.2, -0.15) is 0 Å². The average Bonchev–Trinajstić information content (AvgIpc) is 2.75. The van der Waals surface area contributed by atoms with Crippen LogP contribution in [-0.2, 0) is 4.79 Å². The first-order valence-electron chi connectivity index (χ1n) is 9.41. The van der Waals surface area contributed by atoms with E-state index in [1.807, 2.05) is 86.6 Å². The first kappa shape index (κ1) is 19.2. The zero-order chi connectivity index (χ0) is 20.2. The highest BCUT2D eigenvalue weighted by Gasteiger charge is 2.24. The van der Waals surface area contributed by atoms with Gasteiger partial charge in [0.05, 0.1) is 5.52 Å². The fourth-order valence-corrected chi connectivity index (χ4v) is 4.25. The Bertz CT molecular complexity index is 1160. The molecule has 1 heterocycles. The van der Waals surface area contributed by atoms with Crippen LogP contribution in [0.2, 0.25) is 0 Å². The predicted molar refractivity (Wildman–Crippen MR) is 119 cm³/mol. The van der Waals surface area contributed by atoms with E-state index in [4.69, 9.17) is 0 Å². The fourth-order valence-electron chi connectivity index (χ4n) is 3.16. The van der Waals surface area contributed by atoms with Gasteiger partial charge in [-0.25, -0.2) is 9.97 Å². The molecule has 0 aliphatic heterocycles. The van der Waals surface area contributed by atoms with Crippen molar-refractivity contribution in [3.8, 4) is 0 Å². The van der Waals surface area contributed by atoms with Gasteiger partial charge in [0.15, 0.2) is 0 Å². The van der Waals surface area contributed by atoms with E-state index in [0.717, 1.165) is 38.3 Å². The van der Waals surface area contributed by atoms with Crippen LogP contribution < -0.4 is 5.32 Å². The lowest BCUT2D eigenvalue weighted by Crippen LogP contribution is -2.19. The van der Waals surface area contributed by atoms with E-state index < -0.39 is 5.25 Å². The first-order valence-corrected chi connectivity index (χ1v) is 10.3. The maximum absolute atomic E-state index is 13.3. The van der Waals surface area contributed by atoms with Crippen LogP contribution in [-0.4, -0.2) is 15.9 Å². The number of fused-ring (bicyclic) bond motifs is 1. The fraction of sp³-hybridized carbons (Fsp3) is 0.125. The van der Waals surface area contributed by atoms with Crippen LogP contribution in [0, 0.1) is 13.8 Å². The second kappa shape index (κ2) is 8.45. The molecule has 0 saturated carbocycles. The maximum atomic E-state index is 13.3. The highest BCUT2D eigenvalue weighted by molar-refractivity contribution is 8.00. The van der Waals surface area contributed by atoms with E-state index in [9.17, 15) is 4.79 Å². The number of carbonyl (C=O) groups is 1. The summed E-state index contributed by atoms with van der Waals surface area (Å²) in [5.41, 5.74) is 4.78. The molecule has 0 saturated heterocycles. The second-order valence-electron chi connectivity index (χ2n) is 6.91. The zero-order valence-corrected chi connectivity index (χ0v) is 17.1. The third kappa shape index (κ3) is 4.30. The lowest BCUT2D eigenvalue weighted by molar-refractivity contribution is -0.115. The van der Waals surface area contributed by atoms with Crippen LogP contribution in [0.3, 0.4) is 0 Å². The summed E-state index contributed by atoms with van der Waals surface area (Å²) >= 11 is 1.45. The van der Waals surface area contributed by atoms with E-state index >= 15 is 0 Å². The Labute approximate surface area is 174 Å². The standard InChI is InChI=1S/C24H21N3OS/c1-16-12-13-17(2)21(14-16)27-23(28)22(18-8-4-3-5-9-18)29-24-19-10-6-7-11-20(19)25-15-26-24/h3-15,22H,1-2H3,(H,27,28). The molecule has 0 aliphatic rings. The predicted octanol–water partition coefficient (Wildman–Crippen LogP) is 5.72. The average molecular weight is 400 g/mol. The second-order valence-corrected chi connectivity index (χ2v) is 8.01. The van der Waals surface area contributed by atoms with Crippen molar-refractivity contribution in [2.45, 2.75) is 24.1 Å². The number of amides is 1. The third-order valence-electron chi connectivity index (χ3n) is 4.73. The van der Waals surface area contributed by atoms with Gasteiger partial charge in [-0.1, -0.05) is 72.4 Å². The highest BCUT2D eigenvalue weighted by atomic mass is 32.2. The van der Waals surface area contributed by atoms with E-state index in [0.29, 0.717) is 0 Å². The lowest BCUT2D eigenvalue weighted by atomic mass is 10.1. The maximum Gasteiger partial charge on any atom is 0.242 e. The van der Waals surface area contributed by atoms with Crippen LogP contribution in [0.4, 0.5) is 5.69 Å². The molecular weight excluding hydrogens is 378 g/mol. The van der Waals surface area contributed by atoms with Gasteiger partial charge < -0.3 is 5.32 Å². The van der Waals surface area contributed by atoms with Gasteiger partial charge in [0.25, 0.3) is 0 Å². The molecule has 1 unspecified atom stereocenters. The molecule has 3 aromatic carbocycles. The Morgan fingerprint density at radius 2 is 1.69 bits per heavy atom. The summed E-state index contributed by atoms with van der Waals surface area (Å²) in [6.45, 7) is 4.02. The Kier molecular flexibility index (Phi) is 5.58. The van der Waals surface area contributed by atoms with Crippen LogP contribution >= 0.6 is 11.8 Å². The van der Waals surface area contributed by atoms with Gasteiger partial charge in [0.2, 0.25) is 5.91 Å². The summed E-state index contributed by atoms with van der Waals surface area (Å²) < 4.78 is 0. The minimum atomic E-state index is -0.436. The van der Waals surface area contributed by atoms with Crippen molar-refractivity contribution >= 4 is 34.3 Å². The van der Waals surface area contributed by atoms with Crippen LogP contribution in [0.25, 0.3) is 10.9 Å². The molecule has 4 aromatic rings. The van der Waals surface area contributed by atoms with Gasteiger partial charge in [-0.15, -0.1) is 0 Å². The summed E-state index contributed by atoms with van der Waals surface area (Å²) in [6.07, 6.45) is 1.55. The monoisotopic (exact) mass is 399 g/mol. The van der Waals surface area contributed by atoms with Crippen molar-refractivity contribution < 1.29 is 4.79 Å².